The lowest BCUT2D eigenvalue weighted by Gasteiger charge is -2.39. The number of para-hydroxylation sites is 1. The van der Waals surface area contributed by atoms with Gasteiger partial charge in [-0.3, -0.25) is 19.0 Å². The second-order valence-electron chi connectivity index (χ2n) is 9.37. The number of ether oxygens (including phenoxy) is 1. The Bertz CT molecular complexity index is 1610. The van der Waals surface area contributed by atoms with Crippen LogP contribution in [0.15, 0.2) is 47.5 Å². The molecule has 1 saturated heterocycles. The number of rotatable bonds is 7. The number of aliphatic hydroxyl groups excluding tert-OH is 1. The van der Waals surface area contributed by atoms with E-state index in [0.29, 0.717) is 31.1 Å². The molecule has 14 heteroatoms. The van der Waals surface area contributed by atoms with Crippen LogP contribution in [-0.2, 0) is 18.4 Å². The van der Waals surface area contributed by atoms with Crippen molar-refractivity contribution in [2.45, 2.75) is 26.1 Å². The van der Waals surface area contributed by atoms with E-state index in [1.165, 1.54) is 34.9 Å². The molecule has 1 amide bonds. The number of halogens is 3. The first-order valence-electron chi connectivity index (χ1n) is 12.4. The van der Waals surface area contributed by atoms with Crippen molar-refractivity contribution < 1.29 is 27.8 Å². The van der Waals surface area contributed by atoms with Gasteiger partial charge in [0.2, 0.25) is 11.9 Å². The largest absolute Gasteiger partial charge is 0.434 e. The highest BCUT2D eigenvalue weighted by atomic mass is 19.3. The van der Waals surface area contributed by atoms with Crippen LogP contribution in [0, 0.1) is 5.82 Å². The maximum absolute atomic E-state index is 15.2. The summed E-state index contributed by atoms with van der Waals surface area (Å²) in [6, 6.07) is 7.12. The van der Waals surface area contributed by atoms with E-state index < -0.39 is 24.6 Å². The molecule has 0 spiro atoms. The molecule has 4 aromatic rings. The fourth-order valence-electron chi connectivity index (χ4n) is 4.86. The standard InChI is InChI=1S/C26H26F3N7O4/c1-15-12-34(7-8-35(15)21(38)14-37)26-30-10-17(11-31-26)22-19(27)9-18-23(32-22)36(33(2)24(18)39)13-16-5-3-4-6-20(16)40-25(28)29/h3-6,9-11,15,25,37H,7-8,12-14H2,1-2H3/t15-/m1/s1. The van der Waals surface area contributed by atoms with Gasteiger partial charge in [0, 0.05) is 56.2 Å². The van der Waals surface area contributed by atoms with Gasteiger partial charge in [-0.2, -0.15) is 8.78 Å². The van der Waals surface area contributed by atoms with Crippen molar-refractivity contribution in [1.82, 2.24) is 29.2 Å². The minimum atomic E-state index is -3.02. The molecule has 1 fully saturated rings. The lowest BCUT2D eigenvalue weighted by Crippen LogP contribution is -2.55. The third kappa shape index (κ3) is 5.09. The SMILES string of the molecule is C[C@@H]1CN(c2ncc(-c3nc4c(cc3F)c(=O)n(C)n4Cc3ccccc3OC(F)F)cn2)CCN1C(=O)CO. The number of aromatic nitrogens is 5. The fourth-order valence-corrected chi connectivity index (χ4v) is 4.86. The molecule has 0 bridgehead atoms. The number of alkyl halides is 2. The predicted molar refractivity (Wildman–Crippen MR) is 139 cm³/mol. The molecule has 0 aliphatic carbocycles. The Balaban J connectivity index is 1.46. The number of carbonyl (C=O) groups excluding carboxylic acids is 1. The van der Waals surface area contributed by atoms with E-state index >= 15 is 4.39 Å². The van der Waals surface area contributed by atoms with Gasteiger partial charge in [-0.15, -0.1) is 0 Å². The Morgan fingerprint density at radius 3 is 2.60 bits per heavy atom. The monoisotopic (exact) mass is 557 g/mol. The van der Waals surface area contributed by atoms with E-state index in [1.807, 2.05) is 11.8 Å². The molecule has 0 unspecified atom stereocenters. The summed E-state index contributed by atoms with van der Waals surface area (Å²) in [5.74, 6) is -0.746. The lowest BCUT2D eigenvalue weighted by molar-refractivity contribution is -0.136. The fraction of sp³-hybridized carbons (Fsp3) is 0.346. The number of piperazine rings is 1. The summed E-state index contributed by atoms with van der Waals surface area (Å²) in [7, 11) is 1.48. The summed E-state index contributed by atoms with van der Waals surface area (Å²) in [5, 5.41) is 9.17. The molecule has 3 aromatic heterocycles. The normalized spacial score (nSPS) is 15.7. The molecule has 1 aromatic carbocycles. The van der Waals surface area contributed by atoms with Crippen LogP contribution in [0.5, 0.6) is 5.75 Å². The van der Waals surface area contributed by atoms with Crippen LogP contribution < -0.4 is 15.2 Å². The van der Waals surface area contributed by atoms with Gasteiger partial charge in [-0.25, -0.2) is 19.3 Å². The van der Waals surface area contributed by atoms with Crippen molar-refractivity contribution in [3.05, 3.63) is 64.5 Å². The molecule has 1 atom stereocenters. The first-order valence-corrected chi connectivity index (χ1v) is 12.4. The zero-order chi connectivity index (χ0) is 28.6. The lowest BCUT2D eigenvalue weighted by atomic mass is 10.2. The number of anilines is 1. The zero-order valence-corrected chi connectivity index (χ0v) is 21.7. The molecule has 4 heterocycles. The van der Waals surface area contributed by atoms with Crippen LogP contribution in [0.4, 0.5) is 19.1 Å². The molecule has 1 aliphatic rings. The van der Waals surface area contributed by atoms with Crippen LogP contribution in [0.1, 0.15) is 12.5 Å². The second-order valence-corrected chi connectivity index (χ2v) is 9.37. The van der Waals surface area contributed by atoms with Crippen molar-refractivity contribution in [2.24, 2.45) is 7.05 Å². The quantitative estimate of drug-likeness (QED) is 0.367. The average molecular weight is 558 g/mol. The minimum Gasteiger partial charge on any atom is -0.434 e. The third-order valence-corrected chi connectivity index (χ3v) is 6.87. The smallest absolute Gasteiger partial charge is 0.387 e. The second kappa shape index (κ2) is 11.0. The van der Waals surface area contributed by atoms with Crippen LogP contribution in [0.25, 0.3) is 22.3 Å². The van der Waals surface area contributed by atoms with Crippen molar-refractivity contribution in [1.29, 1.82) is 0 Å². The van der Waals surface area contributed by atoms with Gasteiger partial charge in [0.05, 0.1) is 11.9 Å². The number of hydrogen-bond acceptors (Lipinski definition) is 8. The molecule has 5 rings (SSSR count). The number of hydrogen-bond donors (Lipinski definition) is 1. The van der Waals surface area contributed by atoms with E-state index in [2.05, 4.69) is 19.7 Å². The Morgan fingerprint density at radius 1 is 1.20 bits per heavy atom. The molecule has 40 heavy (non-hydrogen) atoms. The topological polar surface area (TPSA) is 119 Å². The van der Waals surface area contributed by atoms with Crippen LogP contribution in [0.3, 0.4) is 0 Å². The minimum absolute atomic E-state index is 0.0258. The number of aliphatic hydroxyl groups is 1. The van der Waals surface area contributed by atoms with Gasteiger partial charge in [0.25, 0.3) is 5.56 Å². The number of carbonyl (C=O) groups is 1. The molecule has 1 aliphatic heterocycles. The van der Waals surface area contributed by atoms with Gasteiger partial charge in [-0.05, 0) is 19.1 Å². The zero-order valence-electron chi connectivity index (χ0n) is 21.7. The summed E-state index contributed by atoms with van der Waals surface area (Å²) < 4.78 is 48.3. The van der Waals surface area contributed by atoms with E-state index in [1.54, 1.807) is 23.1 Å². The maximum Gasteiger partial charge on any atom is 0.387 e. The predicted octanol–water partition coefficient (Wildman–Crippen LogP) is 2.01. The van der Waals surface area contributed by atoms with E-state index in [-0.39, 0.29) is 46.5 Å². The van der Waals surface area contributed by atoms with Gasteiger partial charge in [0.15, 0.2) is 11.5 Å². The van der Waals surface area contributed by atoms with Crippen molar-refractivity contribution >= 4 is 22.9 Å². The van der Waals surface area contributed by atoms with Gasteiger partial charge in [0.1, 0.15) is 18.1 Å². The van der Waals surface area contributed by atoms with Gasteiger partial charge < -0.3 is 19.6 Å². The molecule has 0 radical (unpaired) electrons. The average Bonchev–Trinajstić information content (AvgIpc) is 3.17. The number of fused-ring (bicyclic) bond motifs is 1. The number of benzene rings is 1. The van der Waals surface area contributed by atoms with E-state index in [0.717, 1.165) is 6.07 Å². The highest BCUT2D eigenvalue weighted by Crippen LogP contribution is 2.26. The summed E-state index contributed by atoms with van der Waals surface area (Å²) in [5.41, 5.74) is 0.223. The Morgan fingerprint density at radius 2 is 1.93 bits per heavy atom. The van der Waals surface area contributed by atoms with Crippen LogP contribution >= 0.6 is 0 Å². The highest BCUT2D eigenvalue weighted by molar-refractivity contribution is 5.79. The van der Waals surface area contributed by atoms with Crippen molar-refractivity contribution in [3.63, 3.8) is 0 Å². The van der Waals surface area contributed by atoms with Crippen LogP contribution in [-0.4, -0.2) is 79.1 Å². The first-order chi connectivity index (χ1) is 19.2. The number of nitrogens with zero attached hydrogens (tertiary/aromatic N) is 7. The molecule has 11 nitrogen and oxygen atoms in total. The molecule has 1 N–H and O–H groups in total. The highest BCUT2D eigenvalue weighted by Gasteiger charge is 2.28. The summed E-state index contributed by atoms with van der Waals surface area (Å²) in [6.07, 6.45) is 2.85. The number of amides is 1. The number of pyridine rings is 1. The van der Waals surface area contributed by atoms with Crippen molar-refractivity contribution in [2.75, 3.05) is 31.1 Å². The molecule has 0 saturated carbocycles. The van der Waals surface area contributed by atoms with E-state index in [4.69, 9.17) is 5.11 Å². The summed E-state index contributed by atoms with van der Waals surface area (Å²) in [6.45, 7) is -0.436. The van der Waals surface area contributed by atoms with Crippen LogP contribution in [0.2, 0.25) is 0 Å². The Kier molecular flexibility index (Phi) is 7.43. The Hall–Kier alpha value is -4.46. The van der Waals surface area contributed by atoms with Crippen molar-refractivity contribution in [3.8, 4) is 17.0 Å². The molecular formula is C26H26F3N7O4. The maximum atomic E-state index is 15.2. The molecular weight excluding hydrogens is 531 g/mol. The van der Waals surface area contributed by atoms with Gasteiger partial charge in [-0.1, -0.05) is 18.2 Å². The first kappa shape index (κ1) is 27.1. The summed E-state index contributed by atoms with van der Waals surface area (Å²) in [4.78, 5) is 41.4. The van der Waals surface area contributed by atoms with E-state index in [9.17, 15) is 18.4 Å². The Labute approximate surface area is 226 Å². The summed E-state index contributed by atoms with van der Waals surface area (Å²) >= 11 is 0. The molecule has 210 valence electrons. The van der Waals surface area contributed by atoms with Gasteiger partial charge >= 0.3 is 6.61 Å². The third-order valence-electron chi connectivity index (χ3n) is 6.87.